The van der Waals surface area contributed by atoms with Gasteiger partial charge in [0.25, 0.3) is 5.91 Å². The number of amides is 3. The summed E-state index contributed by atoms with van der Waals surface area (Å²) in [7, 11) is 1.62. The summed E-state index contributed by atoms with van der Waals surface area (Å²) in [6.45, 7) is 7.49. The molecule has 1 unspecified atom stereocenters. The number of benzene rings is 2. The zero-order chi connectivity index (χ0) is 21.6. The lowest BCUT2D eigenvalue weighted by Crippen LogP contribution is -2.27. The molecule has 1 atom stereocenters. The van der Waals surface area contributed by atoms with Gasteiger partial charge in [-0.1, -0.05) is 39.8 Å². The van der Waals surface area contributed by atoms with Gasteiger partial charge < -0.3 is 16.0 Å². The first-order valence-electron chi connectivity index (χ1n) is 9.70. The van der Waals surface area contributed by atoms with Crippen LogP contribution < -0.4 is 16.0 Å². The van der Waals surface area contributed by atoms with Gasteiger partial charge in [-0.05, 0) is 48.4 Å². The highest BCUT2D eigenvalue weighted by Gasteiger charge is 2.21. The molecule has 0 bridgehead atoms. The van der Waals surface area contributed by atoms with Crippen molar-refractivity contribution in [1.29, 1.82) is 0 Å². The number of rotatable bonds is 6. The van der Waals surface area contributed by atoms with E-state index >= 15 is 0 Å². The Labute approximate surface area is 172 Å². The Balaban J connectivity index is 2.03. The second-order valence-corrected chi connectivity index (χ2v) is 7.93. The topological polar surface area (TPSA) is 87.3 Å². The van der Waals surface area contributed by atoms with Crippen LogP contribution in [0.1, 0.15) is 56.0 Å². The van der Waals surface area contributed by atoms with Gasteiger partial charge in [-0.2, -0.15) is 0 Å². The molecule has 2 aromatic rings. The number of anilines is 2. The van der Waals surface area contributed by atoms with Crippen LogP contribution in [0.25, 0.3) is 0 Å². The Morgan fingerprint density at radius 3 is 1.83 bits per heavy atom. The van der Waals surface area contributed by atoms with Gasteiger partial charge in [0.15, 0.2) is 0 Å². The number of nitrogens with one attached hydrogen (secondary N) is 3. The standard InChI is InChI=1S/C23H29N3O3/c1-6-19(21(28)24-5)15-7-9-16(10-8-15)20(27)25-17-11-13-18(14-12-17)26-22(29)23(2,3)4/h7-14,19H,6H2,1-5H3,(H,24,28)(H,25,27)(H,26,29). The van der Waals surface area contributed by atoms with E-state index in [9.17, 15) is 14.4 Å². The minimum absolute atomic E-state index is 0.0386. The van der Waals surface area contributed by atoms with Gasteiger partial charge in [0.05, 0.1) is 5.92 Å². The van der Waals surface area contributed by atoms with E-state index in [-0.39, 0.29) is 23.6 Å². The third kappa shape index (κ3) is 5.91. The fourth-order valence-corrected chi connectivity index (χ4v) is 2.77. The monoisotopic (exact) mass is 395 g/mol. The highest BCUT2D eigenvalue weighted by molar-refractivity contribution is 6.04. The number of hydrogen-bond acceptors (Lipinski definition) is 3. The quantitative estimate of drug-likeness (QED) is 0.686. The summed E-state index contributed by atoms with van der Waals surface area (Å²) in [6, 6.07) is 14.0. The van der Waals surface area contributed by atoms with Gasteiger partial charge in [0.2, 0.25) is 11.8 Å². The molecule has 2 rings (SSSR count). The summed E-state index contributed by atoms with van der Waals surface area (Å²) in [4.78, 5) is 36.5. The molecular weight excluding hydrogens is 366 g/mol. The molecule has 0 fully saturated rings. The van der Waals surface area contributed by atoms with Gasteiger partial charge in [-0.3, -0.25) is 14.4 Å². The van der Waals surface area contributed by atoms with Gasteiger partial charge in [0.1, 0.15) is 0 Å². The first-order valence-corrected chi connectivity index (χ1v) is 9.70. The molecule has 3 N–H and O–H groups in total. The third-order valence-electron chi connectivity index (χ3n) is 4.63. The van der Waals surface area contributed by atoms with E-state index in [4.69, 9.17) is 0 Å². The molecule has 0 saturated carbocycles. The molecule has 0 aromatic heterocycles. The summed E-state index contributed by atoms with van der Waals surface area (Å²) in [5.41, 5.74) is 2.21. The molecule has 0 aliphatic rings. The SMILES string of the molecule is CCC(C(=O)NC)c1ccc(C(=O)Nc2ccc(NC(=O)C(C)(C)C)cc2)cc1. The highest BCUT2D eigenvalue weighted by Crippen LogP contribution is 2.22. The van der Waals surface area contributed by atoms with Gasteiger partial charge in [-0.25, -0.2) is 0 Å². The van der Waals surface area contributed by atoms with Crippen molar-refractivity contribution in [2.45, 2.75) is 40.0 Å². The van der Waals surface area contributed by atoms with Crippen LogP contribution in [0.2, 0.25) is 0 Å². The lowest BCUT2D eigenvalue weighted by atomic mass is 9.94. The molecule has 0 heterocycles. The zero-order valence-electron chi connectivity index (χ0n) is 17.6. The molecule has 2 aromatic carbocycles. The van der Waals surface area contributed by atoms with Crippen LogP contribution >= 0.6 is 0 Å². The minimum atomic E-state index is -0.479. The van der Waals surface area contributed by atoms with Gasteiger partial charge >= 0.3 is 0 Å². The number of hydrogen-bond donors (Lipinski definition) is 3. The average Bonchev–Trinajstić information content (AvgIpc) is 2.69. The molecule has 0 saturated heterocycles. The molecule has 0 radical (unpaired) electrons. The summed E-state index contributed by atoms with van der Waals surface area (Å²) < 4.78 is 0. The van der Waals surface area contributed by atoms with Crippen LogP contribution in [0.5, 0.6) is 0 Å². The highest BCUT2D eigenvalue weighted by atomic mass is 16.2. The fraction of sp³-hybridized carbons (Fsp3) is 0.348. The maximum absolute atomic E-state index is 12.5. The first kappa shape index (κ1) is 22.1. The van der Waals surface area contributed by atoms with Crippen LogP contribution in [0.3, 0.4) is 0 Å². The van der Waals surface area contributed by atoms with Crippen molar-refractivity contribution in [2.75, 3.05) is 17.7 Å². The van der Waals surface area contributed by atoms with E-state index in [1.165, 1.54) is 0 Å². The van der Waals surface area contributed by atoms with Crippen molar-refractivity contribution < 1.29 is 14.4 Å². The van der Waals surface area contributed by atoms with Crippen molar-refractivity contribution in [1.82, 2.24) is 5.32 Å². The normalized spacial score (nSPS) is 12.0. The smallest absolute Gasteiger partial charge is 0.255 e. The molecule has 0 aliphatic carbocycles. The van der Waals surface area contributed by atoms with Crippen molar-refractivity contribution >= 4 is 29.1 Å². The Morgan fingerprint density at radius 2 is 1.38 bits per heavy atom. The second-order valence-electron chi connectivity index (χ2n) is 7.93. The van der Waals surface area contributed by atoms with E-state index in [1.807, 2.05) is 39.8 Å². The number of carbonyl (C=O) groups excluding carboxylic acids is 3. The first-order chi connectivity index (χ1) is 13.7. The Morgan fingerprint density at radius 1 is 0.862 bits per heavy atom. The van der Waals surface area contributed by atoms with Crippen LogP contribution in [-0.2, 0) is 9.59 Å². The maximum Gasteiger partial charge on any atom is 0.255 e. The lowest BCUT2D eigenvalue weighted by Gasteiger charge is -2.17. The predicted molar refractivity (Wildman–Crippen MR) is 116 cm³/mol. The Kier molecular flexibility index (Phi) is 7.15. The van der Waals surface area contributed by atoms with Crippen LogP contribution in [0.4, 0.5) is 11.4 Å². The predicted octanol–water partition coefficient (Wildman–Crippen LogP) is 4.16. The summed E-state index contributed by atoms with van der Waals surface area (Å²) in [5.74, 6) is -0.580. The van der Waals surface area contributed by atoms with Crippen LogP contribution in [0, 0.1) is 5.41 Å². The second kappa shape index (κ2) is 9.37. The van der Waals surface area contributed by atoms with Gasteiger partial charge in [0, 0.05) is 29.4 Å². The Bertz CT molecular complexity index is 866. The average molecular weight is 396 g/mol. The minimum Gasteiger partial charge on any atom is -0.359 e. The zero-order valence-corrected chi connectivity index (χ0v) is 17.6. The lowest BCUT2D eigenvalue weighted by molar-refractivity contribution is -0.123. The van der Waals surface area contributed by atoms with Crippen molar-refractivity contribution in [3.05, 3.63) is 59.7 Å². The van der Waals surface area contributed by atoms with E-state index in [0.29, 0.717) is 23.4 Å². The number of likely N-dealkylation sites (N-methyl/N-ethyl adjacent to an activating group) is 1. The molecule has 0 spiro atoms. The maximum atomic E-state index is 12.5. The molecular formula is C23H29N3O3. The molecule has 6 nitrogen and oxygen atoms in total. The summed E-state index contributed by atoms with van der Waals surface area (Å²) >= 11 is 0. The van der Waals surface area contributed by atoms with E-state index in [0.717, 1.165) is 5.56 Å². The largest absolute Gasteiger partial charge is 0.359 e. The van der Waals surface area contributed by atoms with Crippen molar-refractivity contribution in [2.24, 2.45) is 5.41 Å². The number of carbonyl (C=O) groups is 3. The van der Waals surface area contributed by atoms with E-state index in [1.54, 1.807) is 43.4 Å². The van der Waals surface area contributed by atoms with Crippen molar-refractivity contribution in [3.63, 3.8) is 0 Å². The van der Waals surface area contributed by atoms with Gasteiger partial charge in [-0.15, -0.1) is 0 Å². The molecule has 6 heteroatoms. The van der Waals surface area contributed by atoms with Crippen molar-refractivity contribution in [3.8, 4) is 0 Å². The summed E-state index contributed by atoms with van der Waals surface area (Å²) in [5, 5.41) is 8.35. The van der Waals surface area contributed by atoms with Crippen LogP contribution in [-0.4, -0.2) is 24.8 Å². The molecule has 29 heavy (non-hydrogen) atoms. The van der Waals surface area contributed by atoms with E-state index < -0.39 is 5.41 Å². The third-order valence-corrected chi connectivity index (χ3v) is 4.63. The Hall–Kier alpha value is -3.15. The molecule has 0 aliphatic heterocycles. The molecule has 154 valence electrons. The molecule has 3 amide bonds. The fourth-order valence-electron chi connectivity index (χ4n) is 2.77. The van der Waals surface area contributed by atoms with E-state index in [2.05, 4.69) is 16.0 Å². The van der Waals surface area contributed by atoms with Crippen LogP contribution in [0.15, 0.2) is 48.5 Å². The summed E-state index contributed by atoms with van der Waals surface area (Å²) in [6.07, 6.45) is 0.684.